The van der Waals surface area contributed by atoms with Gasteiger partial charge in [-0.2, -0.15) is 0 Å². The van der Waals surface area contributed by atoms with Crippen LogP contribution in [-0.2, 0) is 0 Å². The summed E-state index contributed by atoms with van der Waals surface area (Å²) in [6.07, 6.45) is 0.844. The van der Waals surface area contributed by atoms with Crippen LogP contribution in [0.5, 0.6) is 5.75 Å². The highest BCUT2D eigenvalue weighted by Gasteiger charge is 2.10. The van der Waals surface area contributed by atoms with E-state index in [0.29, 0.717) is 11.6 Å². The van der Waals surface area contributed by atoms with E-state index in [1.165, 1.54) is 6.26 Å². The number of nitrogens with zero attached hydrogens (tertiary/aromatic N) is 1. The van der Waals surface area contributed by atoms with E-state index in [2.05, 4.69) is 4.98 Å². The summed E-state index contributed by atoms with van der Waals surface area (Å²) in [5.41, 5.74) is 1.63. The molecule has 0 amide bonds. The number of rotatable bonds is 3. The van der Waals surface area contributed by atoms with Crippen molar-refractivity contribution < 1.29 is 14.3 Å². The molecule has 0 aliphatic rings. The summed E-state index contributed by atoms with van der Waals surface area (Å²) in [6.45, 7) is 1.61. The molecular formula is C12H13NO3. The Kier molecular flexibility index (Phi) is 2.92. The second-order valence-electron chi connectivity index (χ2n) is 3.48. The molecule has 84 valence electrons. The van der Waals surface area contributed by atoms with Gasteiger partial charge in [-0.1, -0.05) is 0 Å². The van der Waals surface area contributed by atoms with Crippen molar-refractivity contribution in [3.8, 4) is 17.0 Å². The maximum Gasteiger partial charge on any atom is 0.223 e. The quantitative estimate of drug-likeness (QED) is 0.861. The van der Waals surface area contributed by atoms with Crippen LogP contribution in [0.4, 0.5) is 0 Å². The molecule has 0 aliphatic heterocycles. The Balaban J connectivity index is 2.28. The van der Waals surface area contributed by atoms with E-state index in [9.17, 15) is 5.11 Å². The summed E-state index contributed by atoms with van der Waals surface area (Å²) in [5.74, 6) is 1.12. The number of oxazole rings is 1. The van der Waals surface area contributed by atoms with Gasteiger partial charge in [-0.3, -0.25) is 0 Å². The zero-order valence-corrected chi connectivity index (χ0v) is 9.18. The average molecular weight is 219 g/mol. The number of aliphatic hydroxyl groups is 1. The highest BCUT2D eigenvalue weighted by atomic mass is 16.5. The van der Waals surface area contributed by atoms with Crippen LogP contribution in [0.15, 0.2) is 34.9 Å². The second kappa shape index (κ2) is 4.37. The molecule has 0 aliphatic carbocycles. The van der Waals surface area contributed by atoms with Crippen LogP contribution >= 0.6 is 0 Å². The Hall–Kier alpha value is -1.81. The molecule has 0 spiro atoms. The summed E-state index contributed by atoms with van der Waals surface area (Å²) in [7, 11) is 1.62. The second-order valence-corrected chi connectivity index (χ2v) is 3.48. The molecule has 1 atom stereocenters. The van der Waals surface area contributed by atoms with Crippen LogP contribution < -0.4 is 4.74 Å². The maximum absolute atomic E-state index is 9.29. The van der Waals surface area contributed by atoms with Crippen molar-refractivity contribution >= 4 is 0 Å². The molecule has 1 heterocycles. The first-order chi connectivity index (χ1) is 7.70. The lowest BCUT2D eigenvalue weighted by atomic mass is 10.2. The van der Waals surface area contributed by atoms with Crippen LogP contribution in [0, 0.1) is 0 Å². The van der Waals surface area contributed by atoms with Gasteiger partial charge >= 0.3 is 0 Å². The highest BCUT2D eigenvalue weighted by molar-refractivity contribution is 5.58. The molecule has 1 N–H and O–H groups in total. The van der Waals surface area contributed by atoms with E-state index < -0.39 is 6.10 Å². The minimum atomic E-state index is -0.688. The van der Waals surface area contributed by atoms with E-state index in [-0.39, 0.29) is 0 Å². The number of aromatic nitrogens is 1. The fourth-order valence-corrected chi connectivity index (χ4v) is 1.37. The highest BCUT2D eigenvalue weighted by Crippen LogP contribution is 2.23. The van der Waals surface area contributed by atoms with E-state index in [4.69, 9.17) is 9.15 Å². The minimum Gasteiger partial charge on any atom is -0.497 e. The minimum absolute atomic E-state index is 0.325. The van der Waals surface area contributed by atoms with Gasteiger partial charge in [-0.25, -0.2) is 4.98 Å². The Labute approximate surface area is 93.5 Å². The predicted molar refractivity (Wildman–Crippen MR) is 59.1 cm³/mol. The molecule has 0 radical (unpaired) electrons. The molecular weight excluding hydrogens is 206 g/mol. The lowest BCUT2D eigenvalue weighted by Gasteiger charge is -2.00. The largest absolute Gasteiger partial charge is 0.497 e. The van der Waals surface area contributed by atoms with Crippen LogP contribution in [0.3, 0.4) is 0 Å². The van der Waals surface area contributed by atoms with Gasteiger partial charge in [0.05, 0.1) is 7.11 Å². The van der Waals surface area contributed by atoms with Crippen molar-refractivity contribution in [3.63, 3.8) is 0 Å². The van der Waals surface area contributed by atoms with Crippen LogP contribution in [0.1, 0.15) is 18.9 Å². The number of hydrogen-bond acceptors (Lipinski definition) is 4. The normalized spacial score (nSPS) is 12.4. The fourth-order valence-electron chi connectivity index (χ4n) is 1.37. The van der Waals surface area contributed by atoms with Crippen molar-refractivity contribution in [1.29, 1.82) is 0 Å². The van der Waals surface area contributed by atoms with Gasteiger partial charge in [0.25, 0.3) is 0 Å². The van der Waals surface area contributed by atoms with Gasteiger partial charge in [0.2, 0.25) is 5.89 Å². The first-order valence-corrected chi connectivity index (χ1v) is 4.98. The maximum atomic E-state index is 9.29. The number of ether oxygens (including phenoxy) is 1. The Morgan fingerprint density at radius 2 is 2.00 bits per heavy atom. The number of methoxy groups -OCH3 is 1. The molecule has 0 bridgehead atoms. The zero-order valence-electron chi connectivity index (χ0n) is 9.18. The first-order valence-electron chi connectivity index (χ1n) is 4.98. The smallest absolute Gasteiger partial charge is 0.223 e. The summed E-state index contributed by atoms with van der Waals surface area (Å²) in [6, 6.07) is 7.49. The number of aliphatic hydroxyl groups excluding tert-OH is 1. The third-order valence-corrected chi connectivity index (χ3v) is 2.27. The first kappa shape index (κ1) is 10.7. The lowest BCUT2D eigenvalue weighted by molar-refractivity contribution is 0.163. The fraction of sp³-hybridized carbons (Fsp3) is 0.250. The van der Waals surface area contributed by atoms with Gasteiger partial charge in [0.15, 0.2) is 0 Å². The molecule has 4 heteroatoms. The lowest BCUT2D eigenvalue weighted by Crippen LogP contribution is -1.90. The molecule has 0 saturated carbocycles. The monoisotopic (exact) mass is 219 g/mol. The molecule has 1 aromatic heterocycles. The number of benzene rings is 1. The van der Waals surface area contributed by atoms with E-state index in [1.807, 2.05) is 24.3 Å². The van der Waals surface area contributed by atoms with E-state index >= 15 is 0 Å². The van der Waals surface area contributed by atoms with Gasteiger partial charge in [-0.15, -0.1) is 0 Å². The van der Waals surface area contributed by atoms with Crippen LogP contribution in [0.25, 0.3) is 11.3 Å². The van der Waals surface area contributed by atoms with E-state index in [1.54, 1.807) is 14.0 Å². The third kappa shape index (κ3) is 2.06. The molecule has 4 nitrogen and oxygen atoms in total. The van der Waals surface area contributed by atoms with Crippen molar-refractivity contribution in [2.24, 2.45) is 0 Å². The summed E-state index contributed by atoms with van der Waals surface area (Å²) < 4.78 is 10.2. The van der Waals surface area contributed by atoms with Gasteiger partial charge in [0.1, 0.15) is 23.8 Å². The SMILES string of the molecule is COc1ccc(-c2coc([C@@H](C)O)n2)cc1. The topological polar surface area (TPSA) is 55.5 Å². The molecule has 16 heavy (non-hydrogen) atoms. The predicted octanol–water partition coefficient (Wildman–Crippen LogP) is 2.40. The standard InChI is InChI=1S/C12H13NO3/c1-8(14)12-13-11(7-16-12)9-3-5-10(15-2)6-4-9/h3-8,14H,1-2H3/t8-/m1/s1. The van der Waals surface area contributed by atoms with Crippen molar-refractivity contribution in [3.05, 3.63) is 36.4 Å². The molecule has 1 aromatic carbocycles. The Morgan fingerprint density at radius 3 is 2.50 bits per heavy atom. The van der Waals surface area contributed by atoms with Gasteiger partial charge in [-0.05, 0) is 31.2 Å². The van der Waals surface area contributed by atoms with Crippen LogP contribution in [-0.4, -0.2) is 17.2 Å². The Bertz CT molecular complexity index is 459. The molecule has 0 saturated heterocycles. The average Bonchev–Trinajstić information content (AvgIpc) is 2.78. The van der Waals surface area contributed by atoms with Gasteiger partial charge in [0, 0.05) is 5.56 Å². The van der Waals surface area contributed by atoms with Gasteiger partial charge < -0.3 is 14.3 Å². The summed E-state index contributed by atoms with van der Waals surface area (Å²) >= 11 is 0. The van der Waals surface area contributed by atoms with E-state index in [0.717, 1.165) is 11.3 Å². The molecule has 0 fully saturated rings. The summed E-state index contributed by atoms with van der Waals surface area (Å²) in [5, 5.41) is 9.29. The third-order valence-electron chi connectivity index (χ3n) is 2.27. The number of hydrogen-bond donors (Lipinski definition) is 1. The molecule has 0 unspecified atom stereocenters. The van der Waals surface area contributed by atoms with Crippen molar-refractivity contribution in [1.82, 2.24) is 4.98 Å². The van der Waals surface area contributed by atoms with Crippen molar-refractivity contribution in [2.75, 3.05) is 7.11 Å². The van der Waals surface area contributed by atoms with Crippen molar-refractivity contribution in [2.45, 2.75) is 13.0 Å². The molecule has 2 aromatic rings. The molecule has 2 rings (SSSR count). The Morgan fingerprint density at radius 1 is 1.31 bits per heavy atom. The summed E-state index contributed by atoms with van der Waals surface area (Å²) in [4.78, 5) is 4.18. The van der Waals surface area contributed by atoms with Crippen LogP contribution in [0.2, 0.25) is 0 Å². The zero-order chi connectivity index (χ0) is 11.5.